The summed E-state index contributed by atoms with van der Waals surface area (Å²) in [4.78, 5) is 51.1. The molecule has 37 heavy (non-hydrogen) atoms. The molecule has 5 rings (SSSR count). The molecule has 10 heteroatoms. The van der Waals surface area contributed by atoms with E-state index >= 15 is 0 Å². The summed E-state index contributed by atoms with van der Waals surface area (Å²) < 4.78 is 5.45. The lowest BCUT2D eigenvalue weighted by atomic mass is 10.0. The van der Waals surface area contributed by atoms with Crippen molar-refractivity contribution in [2.24, 2.45) is 5.10 Å². The number of benzene rings is 3. The van der Waals surface area contributed by atoms with Crippen molar-refractivity contribution in [3.05, 3.63) is 123 Å². The van der Waals surface area contributed by atoms with Gasteiger partial charge in [0.25, 0.3) is 17.4 Å². The number of hydrazone groups is 1. The summed E-state index contributed by atoms with van der Waals surface area (Å²) in [6, 6.07) is 20.4. The number of carbonyl (C=O) groups excluding carboxylic acids is 2. The standard InChI is InChI=1S/C27H19N5O5/c33-24-17(15-37-21-13-7-6-12-20(21)24)14-28-31-27(36)23(29-25(34)16-8-2-1-3-9-16)22-18-10-4-5-11-19(18)26(35)32-30-22/h1-15,23H,(H,29,34)(H,31,36)(H,32,35)/b28-14-/t23-/m0/s1. The maximum absolute atomic E-state index is 13.3. The number of para-hydroxylation sites is 1. The van der Waals surface area contributed by atoms with E-state index in [-0.39, 0.29) is 16.7 Å². The Morgan fingerprint density at radius 1 is 0.892 bits per heavy atom. The van der Waals surface area contributed by atoms with Crippen LogP contribution in [0.1, 0.15) is 27.7 Å². The summed E-state index contributed by atoms with van der Waals surface area (Å²) >= 11 is 0. The van der Waals surface area contributed by atoms with E-state index in [1.54, 1.807) is 78.9 Å². The molecule has 2 aromatic heterocycles. The lowest BCUT2D eigenvalue weighted by Crippen LogP contribution is -2.40. The van der Waals surface area contributed by atoms with Crippen molar-refractivity contribution < 1.29 is 14.0 Å². The Morgan fingerprint density at radius 2 is 1.57 bits per heavy atom. The molecular formula is C27H19N5O5. The van der Waals surface area contributed by atoms with Crippen LogP contribution in [-0.4, -0.2) is 28.2 Å². The molecule has 0 fully saturated rings. The monoisotopic (exact) mass is 493 g/mol. The normalized spacial score (nSPS) is 12.0. The van der Waals surface area contributed by atoms with Crippen molar-refractivity contribution in [3.63, 3.8) is 0 Å². The molecule has 0 saturated carbocycles. The first-order chi connectivity index (χ1) is 18.0. The number of aromatic amines is 1. The van der Waals surface area contributed by atoms with Crippen LogP contribution in [-0.2, 0) is 4.79 Å². The Hall–Kier alpha value is -5.38. The van der Waals surface area contributed by atoms with Gasteiger partial charge in [0.2, 0.25) is 5.43 Å². The minimum Gasteiger partial charge on any atom is -0.463 e. The smallest absolute Gasteiger partial charge is 0.272 e. The van der Waals surface area contributed by atoms with Crippen molar-refractivity contribution in [2.75, 3.05) is 0 Å². The van der Waals surface area contributed by atoms with E-state index in [4.69, 9.17) is 4.42 Å². The van der Waals surface area contributed by atoms with Gasteiger partial charge in [0.15, 0.2) is 6.04 Å². The van der Waals surface area contributed by atoms with Gasteiger partial charge >= 0.3 is 0 Å². The Bertz CT molecular complexity index is 1780. The van der Waals surface area contributed by atoms with Gasteiger partial charge in [-0.15, -0.1) is 0 Å². The van der Waals surface area contributed by atoms with E-state index in [9.17, 15) is 19.2 Å². The van der Waals surface area contributed by atoms with Gasteiger partial charge < -0.3 is 9.73 Å². The Labute approximate surface area is 208 Å². The quantitative estimate of drug-likeness (QED) is 0.245. The first-order valence-corrected chi connectivity index (χ1v) is 11.2. The zero-order valence-electron chi connectivity index (χ0n) is 19.2. The summed E-state index contributed by atoms with van der Waals surface area (Å²) in [7, 11) is 0. The molecule has 0 aliphatic rings. The average Bonchev–Trinajstić information content (AvgIpc) is 2.94. The Kier molecular flexibility index (Phi) is 6.37. The number of nitrogens with one attached hydrogen (secondary N) is 3. The second-order valence-electron chi connectivity index (χ2n) is 8.01. The number of hydrogen-bond donors (Lipinski definition) is 3. The number of amides is 2. The fourth-order valence-corrected chi connectivity index (χ4v) is 3.83. The van der Waals surface area contributed by atoms with Crippen LogP contribution in [0.2, 0.25) is 0 Å². The number of carbonyl (C=O) groups is 2. The minimum atomic E-state index is -1.32. The molecule has 0 unspecified atom stereocenters. The molecule has 5 aromatic rings. The number of nitrogens with zero attached hydrogens (tertiary/aromatic N) is 2. The van der Waals surface area contributed by atoms with E-state index in [1.165, 1.54) is 6.26 Å². The van der Waals surface area contributed by atoms with Crippen molar-refractivity contribution >= 4 is 39.8 Å². The molecule has 0 aliphatic heterocycles. The first-order valence-electron chi connectivity index (χ1n) is 11.2. The van der Waals surface area contributed by atoms with Crippen molar-refractivity contribution in [2.45, 2.75) is 6.04 Å². The van der Waals surface area contributed by atoms with Gasteiger partial charge in [0, 0.05) is 10.9 Å². The van der Waals surface area contributed by atoms with Gasteiger partial charge in [-0.05, 0) is 30.3 Å². The van der Waals surface area contributed by atoms with E-state index in [2.05, 4.69) is 26.0 Å². The lowest BCUT2D eigenvalue weighted by molar-refractivity contribution is -0.123. The molecule has 182 valence electrons. The fourth-order valence-electron chi connectivity index (χ4n) is 3.83. The summed E-state index contributed by atoms with van der Waals surface area (Å²) in [5, 5.41) is 14.0. The van der Waals surface area contributed by atoms with Crippen molar-refractivity contribution in [1.29, 1.82) is 0 Å². The third-order valence-electron chi connectivity index (χ3n) is 5.66. The highest BCUT2D eigenvalue weighted by Crippen LogP contribution is 2.20. The van der Waals surface area contributed by atoms with Gasteiger partial charge in [0.1, 0.15) is 17.5 Å². The van der Waals surface area contributed by atoms with Crippen LogP contribution in [0.15, 0.2) is 104 Å². The molecule has 0 saturated heterocycles. The van der Waals surface area contributed by atoms with Crippen LogP contribution in [0.3, 0.4) is 0 Å². The van der Waals surface area contributed by atoms with E-state index in [1.807, 2.05) is 0 Å². The topological polar surface area (TPSA) is 147 Å². The van der Waals surface area contributed by atoms with Crippen molar-refractivity contribution in [3.8, 4) is 0 Å². The predicted molar refractivity (Wildman–Crippen MR) is 137 cm³/mol. The van der Waals surface area contributed by atoms with Crippen LogP contribution < -0.4 is 21.7 Å². The highest BCUT2D eigenvalue weighted by atomic mass is 16.3. The fraction of sp³-hybridized carbons (Fsp3) is 0.0370. The summed E-state index contributed by atoms with van der Waals surface area (Å²) in [5.41, 5.74) is 2.58. The second-order valence-corrected chi connectivity index (χ2v) is 8.01. The zero-order chi connectivity index (χ0) is 25.8. The summed E-state index contributed by atoms with van der Waals surface area (Å²) in [6.45, 7) is 0. The van der Waals surface area contributed by atoms with Crippen LogP contribution in [0, 0.1) is 0 Å². The highest BCUT2D eigenvalue weighted by molar-refractivity contribution is 5.99. The SMILES string of the molecule is O=C(N[C@H](C(=O)N/N=C\c1coc2ccccc2c1=O)c1n[nH]c(=O)c2ccccc12)c1ccccc1. The molecule has 2 amide bonds. The van der Waals surface area contributed by atoms with E-state index in [0.717, 1.165) is 6.21 Å². The van der Waals surface area contributed by atoms with E-state index < -0.39 is 23.4 Å². The van der Waals surface area contributed by atoms with Gasteiger partial charge in [-0.1, -0.05) is 48.5 Å². The lowest BCUT2D eigenvalue weighted by Gasteiger charge is -2.18. The second kappa shape index (κ2) is 10.1. The van der Waals surface area contributed by atoms with Crippen LogP contribution in [0.25, 0.3) is 21.7 Å². The molecule has 0 bridgehead atoms. The zero-order valence-corrected chi connectivity index (χ0v) is 19.2. The molecule has 0 aliphatic carbocycles. The van der Waals surface area contributed by atoms with Crippen molar-refractivity contribution in [1.82, 2.24) is 20.9 Å². The molecule has 0 radical (unpaired) electrons. The van der Waals surface area contributed by atoms with Gasteiger partial charge in [0.05, 0.1) is 22.6 Å². The number of rotatable bonds is 6. The van der Waals surface area contributed by atoms with Gasteiger partial charge in [-0.2, -0.15) is 10.2 Å². The largest absolute Gasteiger partial charge is 0.463 e. The number of aromatic nitrogens is 2. The van der Waals surface area contributed by atoms with Crippen LogP contribution in [0.5, 0.6) is 0 Å². The van der Waals surface area contributed by atoms with Crippen LogP contribution in [0.4, 0.5) is 0 Å². The predicted octanol–water partition coefficient (Wildman–Crippen LogP) is 2.65. The molecule has 2 heterocycles. The molecule has 10 nitrogen and oxygen atoms in total. The first kappa shape index (κ1) is 23.4. The minimum absolute atomic E-state index is 0.122. The maximum atomic E-state index is 13.3. The Balaban J connectivity index is 1.47. The summed E-state index contributed by atoms with van der Waals surface area (Å²) in [6.07, 6.45) is 2.40. The third-order valence-corrected chi connectivity index (χ3v) is 5.66. The van der Waals surface area contributed by atoms with Crippen LogP contribution >= 0.6 is 0 Å². The average molecular weight is 493 g/mol. The maximum Gasteiger partial charge on any atom is 0.272 e. The molecule has 3 N–H and O–H groups in total. The molecule has 1 atom stereocenters. The highest BCUT2D eigenvalue weighted by Gasteiger charge is 2.27. The van der Waals surface area contributed by atoms with Gasteiger partial charge in [-0.25, -0.2) is 10.5 Å². The third kappa shape index (κ3) is 4.76. The summed E-state index contributed by atoms with van der Waals surface area (Å²) in [5.74, 6) is -1.27. The number of hydrogen-bond acceptors (Lipinski definition) is 7. The Morgan fingerprint density at radius 3 is 2.35 bits per heavy atom. The number of H-pyrrole nitrogens is 1. The molecular weight excluding hydrogens is 474 g/mol. The molecule has 0 spiro atoms. The number of fused-ring (bicyclic) bond motifs is 2. The molecule has 3 aromatic carbocycles. The van der Waals surface area contributed by atoms with E-state index in [0.29, 0.717) is 27.3 Å². The van der Waals surface area contributed by atoms with Gasteiger partial charge in [-0.3, -0.25) is 19.2 Å².